The van der Waals surface area contributed by atoms with E-state index in [-0.39, 0.29) is 36.8 Å². The van der Waals surface area contributed by atoms with Gasteiger partial charge in [-0.15, -0.1) is 0 Å². The quantitative estimate of drug-likeness (QED) is 0.338. The number of urea groups is 1. The number of rotatable bonds is 8. The number of aryl methyl sites for hydroxylation is 1. The minimum atomic E-state index is -0.848. The molecule has 0 spiro atoms. The van der Waals surface area contributed by atoms with E-state index in [1.165, 1.54) is 6.07 Å². The average molecular weight is 481 g/mol. The maximum atomic E-state index is 14.5. The first-order chi connectivity index (χ1) is 16.8. The minimum absolute atomic E-state index is 0.0845. The van der Waals surface area contributed by atoms with Crippen molar-refractivity contribution in [1.29, 1.82) is 0 Å². The number of para-hydroxylation sites is 1. The normalized spacial score (nSPS) is 11.0. The van der Waals surface area contributed by atoms with Crippen LogP contribution in [0, 0.1) is 18.6 Å². The summed E-state index contributed by atoms with van der Waals surface area (Å²) in [7, 11) is 0. The molecule has 0 fully saturated rings. The Balaban J connectivity index is 1.77. The Hall–Kier alpha value is -4.14. The maximum Gasteiger partial charge on any atom is 0.318 e. The van der Waals surface area contributed by atoms with E-state index in [4.69, 9.17) is 9.15 Å². The van der Waals surface area contributed by atoms with E-state index in [1.54, 1.807) is 34.9 Å². The number of amides is 2. The van der Waals surface area contributed by atoms with Crippen LogP contribution in [0.25, 0.3) is 5.69 Å². The molecule has 182 valence electrons. The van der Waals surface area contributed by atoms with Gasteiger partial charge in [-0.05, 0) is 57.2 Å². The number of nitrogens with one attached hydrogen (secondary N) is 1. The van der Waals surface area contributed by atoms with Crippen molar-refractivity contribution < 1.29 is 22.7 Å². The van der Waals surface area contributed by atoms with Gasteiger partial charge in [-0.25, -0.2) is 18.3 Å². The molecule has 4 rings (SSSR count). The van der Waals surface area contributed by atoms with Crippen LogP contribution in [0.4, 0.5) is 13.6 Å². The Kier molecular flexibility index (Phi) is 7.14. The predicted octanol–water partition coefficient (Wildman–Crippen LogP) is 5.96. The largest absolute Gasteiger partial charge is 0.467 e. The highest BCUT2D eigenvalue weighted by Crippen LogP contribution is 2.33. The third-order valence-electron chi connectivity index (χ3n) is 5.21. The maximum absolute atomic E-state index is 14.5. The molecule has 0 bridgehead atoms. The highest BCUT2D eigenvalue weighted by molar-refractivity contribution is 5.74. The van der Waals surface area contributed by atoms with Crippen molar-refractivity contribution in [3.63, 3.8) is 0 Å². The Labute approximate surface area is 201 Å². The molecule has 0 unspecified atom stereocenters. The third kappa shape index (κ3) is 5.68. The van der Waals surface area contributed by atoms with Crippen LogP contribution in [0.5, 0.6) is 11.6 Å². The molecule has 2 aromatic heterocycles. The number of halogens is 2. The fourth-order valence-corrected chi connectivity index (χ4v) is 3.55. The van der Waals surface area contributed by atoms with E-state index in [0.717, 1.165) is 12.1 Å². The molecule has 0 radical (unpaired) electrons. The standard InChI is InChI=1S/C26H26F2N4O3/c1-17(2)29-26(33)31(15-21-10-7-13-34-21)16-22-18(3)30-32(20-8-5-4-6-9-20)25(22)35-24-12-11-19(27)14-23(24)28/h4-14,17H,15-16H2,1-3H3,(H,29,33). The van der Waals surface area contributed by atoms with Gasteiger partial charge in [0.2, 0.25) is 5.88 Å². The van der Waals surface area contributed by atoms with E-state index >= 15 is 0 Å². The first-order valence-electron chi connectivity index (χ1n) is 11.2. The number of benzene rings is 2. The highest BCUT2D eigenvalue weighted by Gasteiger charge is 2.25. The predicted molar refractivity (Wildman–Crippen MR) is 126 cm³/mol. The zero-order valence-electron chi connectivity index (χ0n) is 19.7. The molecular weight excluding hydrogens is 454 g/mol. The molecule has 0 saturated carbocycles. The van der Waals surface area contributed by atoms with Gasteiger partial charge >= 0.3 is 6.03 Å². The lowest BCUT2D eigenvalue weighted by molar-refractivity contribution is 0.184. The molecule has 9 heteroatoms. The monoisotopic (exact) mass is 480 g/mol. The third-order valence-corrected chi connectivity index (χ3v) is 5.21. The molecular formula is C26H26F2N4O3. The number of carbonyl (C=O) groups is 1. The summed E-state index contributed by atoms with van der Waals surface area (Å²) in [5.41, 5.74) is 1.85. The second kappa shape index (κ2) is 10.4. The molecule has 0 aliphatic rings. The zero-order valence-corrected chi connectivity index (χ0v) is 19.7. The minimum Gasteiger partial charge on any atom is -0.467 e. The lowest BCUT2D eigenvalue weighted by Gasteiger charge is -2.24. The topological polar surface area (TPSA) is 72.5 Å². The molecule has 35 heavy (non-hydrogen) atoms. The summed E-state index contributed by atoms with van der Waals surface area (Å²) in [5.74, 6) is -0.892. The highest BCUT2D eigenvalue weighted by atomic mass is 19.1. The van der Waals surface area contributed by atoms with Crippen LogP contribution in [0.2, 0.25) is 0 Å². The van der Waals surface area contributed by atoms with E-state index < -0.39 is 11.6 Å². The van der Waals surface area contributed by atoms with Crippen molar-refractivity contribution in [2.75, 3.05) is 0 Å². The van der Waals surface area contributed by atoms with Crippen molar-refractivity contribution in [2.24, 2.45) is 0 Å². The summed E-state index contributed by atoms with van der Waals surface area (Å²) < 4.78 is 41.0. The number of furan rings is 1. The Morgan fingerprint density at radius 3 is 2.54 bits per heavy atom. The Bertz CT molecular complexity index is 1290. The van der Waals surface area contributed by atoms with Crippen LogP contribution in [0.3, 0.4) is 0 Å². The number of ether oxygens (including phenoxy) is 1. The van der Waals surface area contributed by atoms with E-state index in [2.05, 4.69) is 10.4 Å². The Morgan fingerprint density at radius 1 is 1.11 bits per heavy atom. The first kappa shape index (κ1) is 24.0. The lowest BCUT2D eigenvalue weighted by atomic mass is 10.2. The van der Waals surface area contributed by atoms with E-state index in [9.17, 15) is 13.6 Å². The molecule has 2 amide bonds. The Morgan fingerprint density at radius 2 is 1.89 bits per heavy atom. The van der Waals surface area contributed by atoms with Crippen LogP contribution >= 0.6 is 0 Å². The number of carbonyl (C=O) groups excluding carboxylic acids is 1. The van der Waals surface area contributed by atoms with Gasteiger partial charge in [0.05, 0.1) is 36.3 Å². The van der Waals surface area contributed by atoms with Crippen LogP contribution in [0.15, 0.2) is 71.3 Å². The molecule has 1 N–H and O–H groups in total. The van der Waals surface area contributed by atoms with Gasteiger partial charge < -0.3 is 19.4 Å². The first-order valence-corrected chi connectivity index (χ1v) is 11.2. The van der Waals surface area contributed by atoms with Gasteiger partial charge in [0, 0.05) is 12.1 Å². The van der Waals surface area contributed by atoms with Gasteiger partial charge in [-0.2, -0.15) is 5.10 Å². The summed E-state index contributed by atoms with van der Waals surface area (Å²) in [6, 6.07) is 15.4. The van der Waals surface area contributed by atoms with Crippen molar-refractivity contribution >= 4 is 6.03 Å². The summed E-state index contributed by atoms with van der Waals surface area (Å²) in [5, 5.41) is 7.50. The molecule has 2 heterocycles. The molecule has 0 aliphatic carbocycles. The van der Waals surface area contributed by atoms with Gasteiger partial charge in [0.15, 0.2) is 11.6 Å². The second-order valence-corrected chi connectivity index (χ2v) is 8.33. The number of aromatic nitrogens is 2. The lowest BCUT2D eigenvalue weighted by Crippen LogP contribution is -2.42. The van der Waals surface area contributed by atoms with Crippen molar-refractivity contribution in [3.05, 3.63) is 95.6 Å². The van der Waals surface area contributed by atoms with Gasteiger partial charge in [-0.1, -0.05) is 18.2 Å². The van der Waals surface area contributed by atoms with Crippen molar-refractivity contribution in [2.45, 2.75) is 39.9 Å². The summed E-state index contributed by atoms with van der Waals surface area (Å²) in [4.78, 5) is 14.6. The summed E-state index contributed by atoms with van der Waals surface area (Å²) in [6.45, 7) is 5.83. The zero-order chi connectivity index (χ0) is 24.9. The number of hydrogen-bond donors (Lipinski definition) is 1. The molecule has 4 aromatic rings. The fourth-order valence-electron chi connectivity index (χ4n) is 3.55. The van der Waals surface area contributed by atoms with Gasteiger partial charge in [-0.3, -0.25) is 0 Å². The molecule has 0 aliphatic heterocycles. The van der Waals surface area contributed by atoms with Crippen LogP contribution in [-0.4, -0.2) is 26.8 Å². The molecule has 0 atom stereocenters. The number of nitrogens with zero attached hydrogens (tertiary/aromatic N) is 3. The average Bonchev–Trinajstić information content (AvgIpc) is 3.44. The van der Waals surface area contributed by atoms with Gasteiger partial charge in [0.25, 0.3) is 0 Å². The van der Waals surface area contributed by atoms with Crippen molar-refractivity contribution in [3.8, 4) is 17.3 Å². The smallest absolute Gasteiger partial charge is 0.318 e. The SMILES string of the molecule is Cc1nn(-c2ccccc2)c(Oc2ccc(F)cc2F)c1CN(Cc1ccco1)C(=O)NC(C)C. The van der Waals surface area contributed by atoms with E-state index in [1.807, 2.05) is 44.2 Å². The van der Waals surface area contributed by atoms with Crippen molar-refractivity contribution in [1.82, 2.24) is 20.0 Å². The van der Waals surface area contributed by atoms with Crippen LogP contribution in [-0.2, 0) is 13.1 Å². The van der Waals surface area contributed by atoms with Crippen LogP contribution < -0.4 is 10.1 Å². The summed E-state index contributed by atoms with van der Waals surface area (Å²) >= 11 is 0. The van der Waals surface area contributed by atoms with Crippen LogP contribution in [0.1, 0.15) is 30.9 Å². The van der Waals surface area contributed by atoms with E-state index in [0.29, 0.717) is 22.7 Å². The second-order valence-electron chi connectivity index (χ2n) is 8.33. The van der Waals surface area contributed by atoms with Gasteiger partial charge in [0.1, 0.15) is 11.6 Å². The molecule has 0 saturated heterocycles. The molecule has 7 nitrogen and oxygen atoms in total. The molecule has 2 aromatic carbocycles. The summed E-state index contributed by atoms with van der Waals surface area (Å²) in [6.07, 6.45) is 1.54. The fraction of sp³-hybridized carbons (Fsp3) is 0.231. The number of hydrogen-bond acceptors (Lipinski definition) is 4.